The Morgan fingerprint density at radius 2 is 1.92 bits per heavy atom. The average molecular weight is 352 g/mol. The number of carboxylic acids is 1. The highest BCUT2D eigenvalue weighted by atomic mass is 16.4. The number of rotatable bonds is 3. The number of ketones is 1. The zero-order chi connectivity index (χ0) is 18.1. The Morgan fingerprint density at radius 3 is 2.62 bits per heavy atom. The van der Waals surface area contributed by atoms with Crippen molar-refractivity contribution in [3.05, 3.63) is 59.3 Å². The molecule has 0 aromatic heterocycles. The van der Waals surface area contributed by atoms with E-state index in [4.69, 9.17) is 0 Å². The Balaban J connectivity index is 1.71. The monoisotopic (exact) mass is 352 g/mol. The molecule has 1 aromatic rings. The van der Waals surface area contributed by atoms with E-state index >= 15 is 0 Å². The summed E-state index contributed by atoms with van der Waals surface area (Å²) in [6, 6.07) is 10.0. The minimum absolute atomic E-state index is 0.0491. The van der Waals surface area contributed by atoms with Gasteiger partial charge in [-0.3, -0.25) is 4.79 Å². The van der Waals surface area contributed by atoms with Crippen molar-refractivity contribution in [2.45, 2.75) is 6.54 Å². The smallest absolute Gasteiger partial charge is 0.335 e. The molecule has 3 aliphatic rings. The van der Waals surface area contributed by atoms with Gasteiger partial charge in [0, 0.05) is 11.8 Å². The van der Waals surface area contributed by atoms with Crippen LogP contribution in [0.1, 0.15) is 5.56 Å². The van der Waals surface area contributed by atoms with Crippen LogP contribution in [0.25, 0.3) is 0 Å². The number of hydrogen-bond donors (Lipinski definition) is 3. The quantitative estimate of drug-likeness (QED) is 0.690. The average Bonchev–Trinajstić information content (AvgIpc) is 3.11. The predicted molar refractivity (Wildman–Crippen MR) is 94.6 cm³/mol. The van der Waals surface area contributed by atoms with Crippen LogP contribution in [0.4, 0.5) is 0 Å². The molecule has 132 valence electrons. The molecule has 26 heavy (non-hydrogen) atoms. The van der Waals surface area contributed by atoms with Gasteiger partial charge in [-0.1, -0.05) is 30.3 Å². The number of carbonyl (C=O) groups is 2. The zero-order valence-electron chi connectivity index (χ0n) is 13.9. The van der Waals surface area contributed by atoms with Gasteiger partial charge in [0.1, 0.15) is 6.54 Å². The number of fused-ring (bicyclic) bond motifs is 1. The topological polar surface area (TPSA) is 103 Å². The van der Waals surface area contributed by atoms with Gasteiger partial charge >= 0.3 is 11.9 Å². The van der Waals surface area contributed by atoms with Crippen LogP contribution >= 0.6 is 0 Å². The van der Waals surface area contributed by atoms with Crippen LogP contribution in [-0.4, -0.2) is 46.9 Å². The molecule has 3 N–H and O–H groups in total. The molecule has 0 spiro atoms. The largest absolute Gasteiger partial charge is 0.478 e. The summed E-state index contributed by atoms with van der Waals surface area (Å²) in [6.45, 7) is 1.84. The summed E-state index contributed by atoms with van der Waals surface area (Å²) in [5, 5.41) is 9.20. The lowest BCUT2D eigenvalue weighted by atomic mass is 9.92. The summed E-state index contributed by atoms with van der Waals surface area (Å²) < 4.78 is 0.422. The van der Waals surface area contributed by atoms with Gasteiger partial charge in [0.05, 0.1) is 17.2 Å². The van der Waals surface area contributed by atoms with Gasteiger partial charge in [0.25, 0.3) is 0 Å². The fourth-order valence-electron chi connectivity index (χ4n) is 3.30. The van der Waals surface area contributed by atoms with Crippen molar-refractivity contribution in [3.63, 3.8) is 0 Å². The summed E-state index contributed by atoms with van der Waals surface area (Å²) in [4.78, 5) is 32.5. The lowest BCUT2D eigenvalue weighted by molar-refractivity contribution is -0.846. The van der Waals surface area contributed by atoms with Crippen molar-refractivity contribution >= 4 is 23.9 Å². The van der Waals surface area contributed by atoms with E-state index in [1.54, 1.807) is 6.21 Å². The van der Waals surface area contributed by atoms with Crippen LogP contribution in [0.5, 0.6) is 0 Å². The van der Waals surface area contributed by atoms with Crippen LogP contribution in [0.2, 0.25) is 0 Å². The first-order chi connectivity index (χ1) is 12.6. The third-order valence-electron chi connectivity index (χ3n) is 4.68. The predicted octanol–water partition coefficient (Wildman–Crippen LogP) is 0.560. The Morgan fingerprint density at radius 1 is 1.19 bits per heavy atom. The van der Waals surface area contributed by atoms with Gasteiger partial charge in [0.2, 0.25) is 0 Å². The number of quaternary nitrogens is 1. The minimum Gasteiger partial charge on any atom is -0.478 e. The second-order valence-corrected chi connectivity index (χ2v) is 6.50. The molecular weight excluding hydrogens is 334 g/mol. The van der Waals surface area contributed by atoms with Crippen LogP contribution in [-0.2, 0) is 16.1 Å². The summed E-state index contributed by atoms with van der Waals surface area (Å²) in [7, 11) is 0. The molecule has 1 atom stereocenters. The van der Waals surface area contributed by atoms with E-state index in [0.717, 1.165) is 11.6 Å². The maximum absolute atomic E-state index is 12.2. The number of hydrazine groups is 1. The normalized spacial score (nSPS) is 23.8. The van der Waals surface area contributed by atoms with E-state index in [-0.39, 0.29) is 11.4 Å². The standard InChI is InChI=1S/C18H17N5O3/c24-16-7-13(17(25)26)6-15-14(16)8-19-18(22-15)23(10-20-21-11-23)9-12-4-2-1-3-5-12/h1-8,14,20-21H,9-11H2/p+1. The zero-order valence-corrected chi connectivity index (χ0v) is 13.9. The maximum atomic E-state index is 12.2. The van der Waals surface area contributed by atoms with E-state index in [1.807, 2.05) is 30.3 Å². The molecule has 1 saturated heterocycles. The van der Waals surface area contributed by atoms with E-state index in [1.165, 1.54) is 6.08 Å². The van der Waals surface area contributed by atoms with Crippen LogP contribution in [0.15, 0.2) is 63.7 Å². The van der Waals surface area contributed by atoms with Crippen molar-refractivity contribution in [3.8, 4) is 0 Å². The fraction of sp³-hybridized carbons (Fsp3) is 0.222. The number of nitrogens with zero attached hydrogens (tertiary/aromatic N) is 3. The van der Waals surface area contributed by atoms with E-state index < -0.39 is 11.9 Å². The van der Waals surface area contributed by atoms with E-state index in [0.29, 0.717) is 36.0 Å². The van der Waals surface area contributed by atoms with Crippen LogP contribution in [0, 0.1) is 5.92 Å². The van der Waals surface area contributed by atoms with Crippen molar-refractivity contribution in [1.82, 2.24) is 10.9 Å². The summed E-state index contributed by atoms with van der Waals surface area (Å²) >= 11 is 0. The highest BCUT2D eigenvalue weighted by Crippen LogP contribution is 2.28. The lowest BCUT2D eigenvalue weighted by Gasteiger charge is -2.32. The number of nitrogens with one attached hydrogen (secondary N) is 2. The number of guanidine groups is 1. The van der Waals surface area contributed by atoms with Gasteiger partial charge in [-0.15, -0.1) is 0 Å². The molecule has 0 saturated carbocycles. The number of aliphatic imine (C=N–C) groups is 2. The van der Waals surface area contributed by atoms with Crippen molar-refractivity contribution < 1.29 is 19.2 Å². The number of benzene rings is 1. The summed E-state index contributed by atoms with van der Waals surface area (Å²) in [5.41, 5.74) is 7.74. The number of aliphatic carboxylic acids is 1. The highest BCUT2D eigenvalue weighted by molar-refractivity contribution is 6.13. The van der Waals surface area contributed by atoms with Gasteiger partial charge in [-0.2, -0.15) is 9.98 Å². The maximum Gasteiger partial charge on any atom is 0.335 e. The molecule has 1 unspecified atom stereocenters. The molecule has 0 bridgehead atoms. The van der Waals surface area contributed by atoms with Crippen molar-refractivity contribution in [2.75, 3.05) is 13.3 Å². The minimum atomic E-state index is -1.14. The second-order valence-electron chi connectivity index (χ2n) is 6.50. The molecule has 1 fully saturated rings. The molecule has 4 rings (SSSR count). The molecule has 1 aromatic carbocycles. The number of carboxylic acid groups (broad SMARTS) is 1. The van der Waals surface area contributed by atoms with Gasteiger partial charge in [0.15, 0.2) is 19.1 Å². The van der Waals surface area contributed by atoms with E-state index in [2.05, 4.69) is 20.8 Å². The Hall–Kier alpha value is -2.94. The molecule has 8 heteroatoms. The van der Waals surface area contributed by atoms with Crippen molar-refractivity contribution in [2.24, 2.45) is 15.9 Å². The third-order valence-corrected chi connectivity index (χ3v) is 4.68. The van der Waals surface area contributed by atoms with Crippen molar-refractivity contribution in [1.29, 1.82) is 0 Å². The fourth-order valence-corrected chi connectivity index (χ4v) is 3.30. The first-order valence-electron chi connectivity index (χ1n) is 8.27. The Labute approximate surface area is 149 Å². The van der Waals surface area contributed by atoms with Gasteiger partial charge in [-0.05, 0) is 12.2 Å². The number of hydrogen-bond acceptors (Lipinski definition) is 6. The SMILES string of the molecule is O=C(O)C1=CC(=O)C2C=NC([N+]3(Cc4ccccc4)CNNC3)=NC2=C1. The summed E-state index contributed by atoms with van der Waals surface area (Å²) in [5.74, 6) is -1.50. The Bertz CT molecular complexity index is 879. The van der Waals surface area contributed by atoms with Gasteiger partial charge in [-0.25, -0.2) is 20.1 Å². The number of allylic oxidation sites excluding steroid dienone is 2. The molecule has 1 aliphatic carbocycles. The first kappa shape index (κ1) is 16.5. The highest BCUT2D eigenvalue weighted by Gasteiger charge is 2.41. The van der Waals surface area contributed by atoms with E-state index in [9.17, 15) is 14.7 Å². The van der Waals surface area contributed by atoms with Crippen LogP contribution < -0.4 is 10.9 Å². The lowest BCUT2D eigenvalue weighted by Crippen LogP contribution is -2.51. The third kappa shape index (κ3) is 2.90. The molecule has 2 aliphatic heterocycles. The Kier molecular flexibility index (Phi) is 4.08. The van der Waals surface area contributed by atoms with Crippen LogP contribution in [0.3, 0.4) is 0 Å². The van der Waals surface area contributed by atoms with Gasteiger partial charge < -0.3 is 5.11 Å². The second kappa shape index (κ2) is 6.41. The molecular formula is C18H18N5O3+. The molecule has 0 radical (unpaired) electrons. The molecule has 8 nitrogen and oxygen atoms in total. The molecule has 2 heterocycles. The first-order valence-corrected chi connectivity index (χ1v) is 8.27. The summed E-state index contributed by atoms with van der Waals surface area (Å²) in [6.07, 6.45) is 4.15. The number of carbonyl (C=O) groups excluding carboxylic acids is 1. The molecule has 0 amide bonds.